The highest BCUT2D eigenvalue weighted by molar-refractivity contribution is 6.01. The fourth-order valence-electron chi connectivity index (χ4n) is 3.47. The molecule has 0 fully saturated rings. The van der Waals surface area contributed by atoms with Crippen LogP contribution in [-0.2, 0) is 9.53 Å². The highest BCUT2D eigenvalue weighted by Gasteiger charge is 2.22. The molecule has 184 valence electrons. The van der Waals surface area contributed by atoms with Crippen molar-refractivity contribution in [1.82, 2.24) is 4.90 Å². The number of rotatable bonds is 12. The molecule has 0 aliphatic carbocycles. The Kier molecular flexibility index (Phi) is 9.69. The molecule has 3 aromatic carbocycles. The number of hydrogen-bond acceptors (Lipinski definition) is 5. The highest BCUT2D eigenvalue weighted by Crippen LogP contribution is 2.21. The number of carbonyl (C=O) groups is 2. The fourth-order valence-corrected chi connectivity index (χ4v) is 3.47. The van der Waals surface area contributed by atoms with E-state index in [2.05, 4.69) is 5.32 Å². The molecule has 0 saturated carbocycles. The molecule has 0 heterocycles. The minimum atomic E-state index is -0.308. The molecule has 0 aliphatic heterocycles. The van der Waals surface area contributed by atoms with Crippen LogP contribution >= 0.6 is 0 Å². The predicted molar refractivity (Wildman–Crippen MR) is 136 cm³/mol. The van der Waals surface area contributed by atoms with E-state index in [0.717, 1.165) is 22.6 Å². The van der Waals surface area contributed by atoms with Gasteiger partial charge in [0.05, 0.1) is 12.2 Å². The molecule has 0 aliphatic rings. The van der Waals surface area contributed by atoms with Crippen molar-refractivity contribution in [1.29, 1.82) is 0 Å². The molecule has 0 radical (unpaired) electrons. The smallest absolute Gasteiger partial charge is 0.258 e. The zero-order chi connectivity index (χ0) is 25.0. The molecule has 0 atom stereocenters. The number of ether oxygens (including phenoxy) is 3. The van der Waals surface area contributed by atoms with E-state index in [9.17, 15) is 9.59 Å². The van der Waals surface area contributed by atoms with E-state index in [1.54, 1.807) is 31.4 Å². The van der Waals surface area contributed by atoms with Gasteiger partial charge in [0.25, 0.3) is 5.91 Å². The average Bonchev–Trinajstić information content (AvgIpc) is 2.87. The van der Waals surface area contributed by atoms with Crippen LogP contribution in [0.2, 0.25) is 0 Å². The summed E-state index contributed by atoms with van der Waals surface area (Å²) >= 11 is 0. The first kappa shape index (κ1) is 25.8. The first-order chi connectivity index (χ1) is 17.0. The summed E-state index contributed by atoms with van der Waals surface area (Å²) in [7, 11) is 1.56. The van der Waals surface area contributed by atoms with Crippen molar-refractivity contribution in [3.63, 3.8) is 0 Å². The van der Waals surface area contributed by atoms with Gasteiger partial charge in [-0.15, -0.1) is 0 Å². The summed E-state index contributed by atoms with van der Waals surface area (Å²) < 4.78 is 16.7. The Morgan fingerprint density at radius 2 is 1.54 bits per heavy atom. The van der Waals surface area contributed by atoms with Gasteiger partial charge in [0.15, 0.2) is 0 Å². The molecule has 0 aromatic heterocycles. The van der Waals surface area contributed by atoms with E-state index in [1.165, 1.54) is 4.90 Å². The number of para-hydroxylation sites is 2. The van der Waals surface area contributed by atoms with Crippen molar-refractivity contribution in [3.8, 4) is 11.5 Å². The standard InChI is InChI=1S/C28H32N2O5/c1-21-10-9-14-25(22(21)2)29-27(31)20-30(16-17-33-3)28(32)24-13-7-8-15-26(24)35-19-18-34-23-11-5-4-6-12-23/h4-15H,16-20H2,1-3H3,(H,29,31). The van der Waals surface area contributed by atoms with Crippen LogP contribution in [0, 0.1) is 13.8 Å². The Morgan fingerprint density at radius 3 is 2.31 bits per heavy atom. The molecule has 3 aromatic rings. The van der Waals surface area contributed by atoms with Crippen molar-refractivity contribution in [2.45, 2.75) is 13.8 Å². The first-order valence-electron chi connectivity index (χ1n) is 11.5. The van der Waals surface area contributed by atoms with E-state index in [-0.39, 0.29) is 31.5 Å². The molecule has 3 rings (SSSR count). The van der Waals surface area contributed by atoms with Gasteiger partial charge in [-0.05, 0) is 55.3 Å². The number of hydrogen-bond donors (Lipinski definition) is 1. The minimum absolute atomic E-state index is 0.110. The van der Waals surface area contributed by atoms with Crippen LogP contribution in [0.4, 0.5) is 5.69 Å². The Hall–Kier alpha value is -3.84. The molecule has 0 bridgehead atoms. The van der Waals surface area contributed by atoms with E-state index >= 15 is 0 Å². The van der Waals surface area contributed by atoms with Crippen LogP contribution in [0.5, 0.6) is 11.5 Å². The van der Waals surface area contributed by atoms with E-state index in [1.807, 2.05) is 62.4 Å². The number of carbonyl (C=O) groups excluding carboxylic acids is 2. The zero-order valence-electron chi connectivity index (χ0n) is 20.5. The summed E-state index contributed by atoms with van der Waals surface area (Å²) in [5.41, 5.74) is 3.18. The van der Waals surface area contributed by atoms with Crippen LogP contribution in [-0.4, -0.2) is 56.7 Å². The topological polar surface area (TPSA) is 77.1 Å². The Morgan fingerprint density at radius 1 is 0.829 bits per heavy atom. The van der Waals surface area contributed by atoms with E-state index in [0.29, 0.717) is 24.5 Å². The summed E-state index contributed by atoms with van der Waals surface area (Å²) in [6, 6.07) is 22.2. The second kappa shape index (κ2) is 13.2. The summed E-state index contributed by atoms with van der Waals surface area (Å²) in [4.78, 5) is 27.7. The summed E-state index contributed by atoms with van der Waals surface area (Å²) in [6.45, 7) is 5.00. The number of amides is 2. The minimum Gasteiger partial charge on any atom is -0.490 e. The predicted octanol–water partition coefficient (Wildman–Crippen LogP) is 4.49. The lowest BCUT2D eigenvalue weighted by Crippen LogP contribution is -2.40. The van der Waals surface area contributed by atoms with Crippen LogP contribution in [0.15, 0.2) is 72.8 Å². The van der Waals surface area contributed by atoms with Gasteiger partial charge in [0.1, 0.15) is 31.3 Å². The number of aryl methyl sites for hydroxylation is 1. The molecule has 35 heavy (non-hydrogen) atoms. The number of nitrogens with one attached hydrogen (secondary N) is 1. The largest absolute Gasteiger partial charge is 0.490 e. The summed E-state index contributed by atoms with van der Waals surface area (Å²) in [6.07, 6.45) is 0. The van der Waals surface area contributed by atoms with Gasteiger partial charge in [0.2, 0.25) is 5.91 Å². The lowest BCUT2D eigenvalue weighted by Gasteiger charge is -2.23. The first-order valence-corrected chi connectivity index (χ1v) is 11.5. The molecule has 7 heteroatoms. The van der Waals surface area contributed by atoms with E-state index < -0.39 is 0 Å². The molecule has 7 nitrogen and oxygen atoms in total. The lowest BCUT2D eigenvalue weighted by atomic mass is 10.1. The van der Waals surface area contributed by atoms with Gasteiger partial charge in [-0.25, -0.2) is 0 Å². The zero-order valence-corrected chi connectivity index (χ0v) is 20.5. The van der Waals surface area contributed by atoms with Crippen molar-refractivity contribution < 1.29 is 23.8 Å². The van der Waals surface area contributed by atoms with Crippen LogP contribution < -0.4 is 14.8 Å². The van der Waals surface area contributed by atoms with Crippen LogP contribution in [0.1, 0.15) is 21.5 Å². The fraction of sp³-hybridized carbons (Fsp3) is 0.286. The van der Waals surface area contributed by atoms with Crippen molar-refractivity contribution >= 4 is 17.5 Å². The van der Waals surface area contributed by atoms with Gasteiger partial charge >= 0.3 is 0 Å². The second-order valence-corrected chi connectivity index (χ2v) is 8.02. The Balaban J connectivity index is 1.66. The molecule has 0 spiro atoms. The number of nitrogens with zero attached hydrogens (tertiary/aromatic N) is 1. The number of anilines is 1. The Bertz CT molecular complexity index is 1120. The maximum Gasteiger partial charge on any atom is 0.258 e. The van der Waals surface area contributed by atoms with Crippen molar-refractivity contribution in [3.05, 3.63) is 89.5 Å². The number of methoxy groups -OCH3 is 1. The SMILES string of the molecule is COCCN(CC(=O)Nc1cccc(C)c1C)C(=O)c1ccccc1OCCOc1ccccc1. The molecule has 0 unspecified atom stereocenters. The molecule has 0 saturated heterocycles. The van der Waals surface area contributed by atoms with Gasteiger partial charge in [-0.2, -0.15) is 0 Å². The third-order valence-electron chi connectivity index (χ3n) is 5.54. The van der Waals surface area contributed by atoms with Gasteiger partial charge < -0.3 is 24.4 Å². The second-order valence-electron chi connectivity index (χ2n) is 8.02. The lowest BCUT2D eigenvalue weighted by molar-refractivity contribution is -0.117. The maximum atomic E-state index is 13.4. The third kappa shape index (κ3) is 7.58. The third-order valence-corrected chi connectivity index (χ3v) is 5.54. The highest BCUT2D eigenvalue weighted by atomic mass is 16.5. The van der Waals surface area contributed by atoms with Crippen LogP contribution in [0.3, 0.4) is 0 Å². The van der Waals surface area contributed by atoms with Crippen LogP contribution in [0.25, 0.3) is 0 Å². The Labute approximate surface area is 206 Å². The summed E-state index contributed by atoms with van der Waals surface area (Å²) in [5, 5.41) is 2.91. The van der Waals surface area contributed by atoms with Gasteiger partial charge in [0, 0.05) is 19.3 Å². The van der Waals surface area contributed by atoms with Crippen molar-refractivity contribution in [2.75, 3.05) is 45.3 Å². The average molecular weight is 477 g/mol. The molecular formula is C28H32N2O5. The molecule has 2 amide bonds. The molecule has 1 N–H and O–H groups in total. The quantitative estimate of drug-likeness (QED) is 0.390. The molecular weight excluding hydrogens is 444 g/mol. The van der Waals surface area contributed by atoms with Crippen molar-refractivity contribution in [2.24, 2.45) is 0 Å². The van der Waals surface area contributed by atoms with Gasteiger partial charge in [-0.1, -0.05) is 42.5 Å². The monoisotopic (exact) mass is 476 g/mol. The summed E-state index contributed by atoms with van der Waals surface area (Å²) in [5.74, 6) is 0.600. The van der Waals surface area contributed by atoms with E-state index in [4.69, 9.17) is 14.2 Å². The number of benzene rings is 3. The normalized spacial score (nSPS) is 10.5. The van der Waals surface area contributed by atoms with Gasteiger partial charge in [-0.3, -0.25) is 9.59 Å². The maximum absolute atomic E-state index is 13.4.